The standard InChI is InChI=1S/C24H38ClN.ClH/c1-23(2)14-20(15-24(3,4)16-23)21-9-8-19(13-22(21)25)18-7-5-6-17(12-18)10-11-26;/h8-9,13,17-18,20H,5-7,10-12,14-16,26H2,1-4H3;1H. The molecule has 3 heteroatoms. The zero-order valence-electron chi connectivity index (χ0n) is 17.7. The van der Waals surface area contributed by atoms with Gasteiger partial charge in [-0.1, -0.05) is 64.3 Å². The number of nitrogens with two attached hydrogens (primary N) is 1. The lowest BCUT2D eigenvalue weighted by molar-refractivity contribution is 0.0969. The van der Waals surface area contributed by atoms with E-state index in [0.717, 1.165) is 17.5 Å². The molecule has 3 rings (SSSR count). The molecule has 1 nitrogen and oxygen atoms in total. The summed E-state index contributed by atoms with van der Waals surface area (Å²) in [6.45, 7) is 10.5. The summed E-state index contributed by atoms with van der Waals surface area (Å²) in [6.07, 6.45) is 10.3. The molecule has 154 valence electrons. The Morgan fingerprint density at radius 2 is 1.70 bits per heavy atom. The van der Waals surface area contributed by atoms with E-state index in [2.05, 4.69) is 45.9 Å². The molecule has 0 amide bonds. The molecule has 2 aliphatic carbocycles. The number of rotatable bonds is 4. The third kappa shape index (κ3) is 5.87. The van der Waals surface area contributed by atoms with Crippen molar-refractivity contribution < 1.29 is 0 Å². The van der Waals surface area contributed by atoms with Gasteiger partial charge in [0.15, 0.2) is 0 Å². The Balaban J connectivity index is 0.00000261. The Bertz CT molecular complexity index is 605. The zero-order valence-corrected chi connectivity index (χ0v) is 19.3. The fourth-order valence-corrected chi connectivity index (χ4v) is 6.63. The van der Waals surface area contributed by atoms with E-state index in [9.17, 15) is 0 Å². The van der Waals surface area contributed by atoms with Gasteiger partial charge in [-0.25, -0.2) is 0 Å². The van der Waals surface area contributed by atoms with Gasteiger partial charge in [-0.2, -0.15) is 0 Å². The van der Waals surface area contributed by atoms with Crippen molar-refractivity contribution in [3.8, 4) is 0 Å². The van der Waals surface area contributed by atoms with Crippen molar-refractivity contribution in [1.29, 1.82) is 0 Å². The molecular weight excluding hydrogens is 373 g/mol. The normalized spacial score (nSPS) is 27.8. The Labute approximate surface area is 178 Å². The average molecular weight is 412 g/mol. The maximum atomic E-state index is 6.85. The molecule has 2 fully saturated rings. The largest absolute Gasteiger partial charge is 0.330 e. The van der Waals surface area contributed by atoms with Crippen LogP contribution in [0.4, 0.5) is 0 Å². The minimum absolute atomic E-state index is 0. The lowest BCUT2D eigenvalue weighted by atomic mass is 9.60. The molecule has 27 heavy (non-hydrogen) atoms. The first-order valence-electron chi connectivity index (χ1n) is 10.7. The van der Waals surface area contributed by atoms with Crippen molar-refractivity contribution in [2.45, 2.75) is 90.9 Å². The minimum atomic E-state index is 0. The van der Waals surface area contributed by atoms with E-state index in [1.54, 1.807) is 0 Å². The van der Waals surface area contributed by atoms with Gasteiger partial charge >= 0.3 is 0 Å². The summed E-state index contributed by atoms with van der Waals surface area (Å²) in [6, 6.07) is 7.03. The third-order valence-electron chi connectivity index (χ3n) is 6.85. The van der Waals surface area contributed by atoms with Gasteiger partial charge in [0, 0.05) is 5.02 Å². The van der Waals surface area contributed by atoms with Gasteiger partial charge in [-0.05, 0) is 90.8 Å². The summed E-state index contributed by atoms with van der Waals surface area (Å²) in [5, 5.41) is 1.00. The molecule has 2 atom stereocenters. The van der Waals surface area contributed by atoms with Crippen molar-refractivity contribution >= 4 is 24.0 Å². The van der Waals surface area contributed by atoms with Crippen LogP contribution in [0.1, 0.15) is 102 Å². The molecule has 1 aromatic rings. The number of hydrogen-bond donors (Lipinski definition) is 1. The Hall–Kier alpha value is -0.240. The highest BCUT2D eigenvalue weighted by atomic mass is 35.5. The van der Waals surface area contributed by atoms with Crippen molar-refractivity contribution in [2.24, 2.45) is 22.5 Å². The second kappa shape index (κ2) is 9.06. The van der Waals surface area contributed by atoms with Gasteiger partial charge in [-0.3, -0.25) is 0 Å². The number of halogens is 2. The van der Waals surface area contributed by atoms with Crippen LogP contribution >= 0.6 is 24.0 Å². The molecule has 0 bridgehead atoms. The molecule has 0 aromatic heterocycles. The predicted molar refractivity (Wildman–Crippen MR) is 121 cm³/mol. The summed E-state index contributed by atoms with van der Waals surface area (Å²) in [5.41, 5.74) is 9.42. The Morgan fingerprint density at radius 3 is 2.30 bits per heavy atom. The van der Waals surface area contributed by atoms with Gasteiger partial charge < -0.3 is 5.73 Å². The summed E-state index contributed by atoms with van der Waals surface area (Å²) in [4.78, 5) is 0. The molecule has 1 aromatic carbocycles. The molecule has 0 spiro atoms. The van der Waals surface area contributed by atoms with Crippen LogP contribution in [0.25, 0.3) is 0 Å². The monoisotopic (exact) mass is 411 g/mol. The average Bonchev–Trinajstić information content (AvgIpc) is 2.52. The Kier molecular flexibility index (Phi) is 7.73. The predicted octanol–water partition coefficient (Wildman–Crippen LogP) is 7.70. The fourth-order valence-electron chi connectivity index (χ4n) is 6.29. The first kappa shape index (κ1) is 23.0. The highest BCUT2D eigenvalue weighted by Gasteiger charge is 2.39. The van der Waals surface area contributed by atoms with E-state index in [1.807, 2.05) is 0 Å². The van der Waals surface area contributed by atoms with Crippen LogP contribution in [0.3, 0.4) is 0 Å². The van der Waals surface area contributed by atoms with Gasteiger partial charge in [-0.15, -0.1) is 12.4 Å². The van der Waals surface area contributed by atoms with Crippen molar-refractivity contribution in [3.63, 3.8) is 0 Å². The molecule has 0 heterocycles. The minimum Gasteiger partial charge on any atom is -0.330 e. The molecule has 0 saturated heterocycles. The van der Waals surface area contributed by atoms with Crippen molar-refractivity contribution in [3.05, 3.63) is 34.3 Å². The van der Waals surface area contributed by atoms with E-state index in [4.69, 9.17) is 17.3 Å². The van der Waals surface area contributed by atoms with Crippen LogP contribution in [0.15, 0.2) is 18.2 Å². The Morgan fingerprint density at radius 1 is 1.04 bits per heavy atom. The number of hydrogen-bond acceptors (Lipinski definition) is 1. The van der Waals surface area contributed by atoms with Crippen LogP contribution < -0.4 is 5.73 Å². The molecule has 2 saturated carbocycles. The van der Waals surface area contributed by atoms with Gasteiger partial charge in [0.05, 0.1) is 0 Å². The quantitative estimate of drug-likeness (QED) is 0.539. The number of benzene rings is 1. The van der Waals surface area contributed by atoms with Crippen LogP contribution in [0.2, 0.25) is 5.02 Å². The van der Waals surface area contributed by atoms with Crippen LogP contribution in [0, 0.1) is 16.7 Å². The second-order valence-electron chi connectivity index (χ2n) is 10.7. The zero-order chi connectivity index (χ0) is 18.9. The van der Waals surface area contributed by atoms with E-state index in [1.165, 1.54) is 62.5 Å². The second-order valence-corrected chi connectivity index (χ2v) is 11.1. The molecule has 0 aliphatic heterocycles. The first-order valence-corrected chi connectivity index (χ1v) is 11.1. The van der Waals surface area contributed by atoms with Gasteiger partial charge in [0.25, 0.3) is 0 Å². The lowest BCUT2D eigenvalue weighted by Gasteiger charge is -2.45. The van der Waals surface area contributed by atoms with E-state index in [0.29, 0.717) is 22.7 Å². The fraction of sp³-hybridized carbons (Fsp3) is 0.750. The van der Waals surface area contributed by atoms with Gasteiger partial charge in [0.2, 0.25) is 0 Å². The van der Waals surface area contributed by atoms with Gasteiger partial charge in [0.1, 0.15) is 0 Å². The molecule has 2 N–H and O–H groups in total. The van der Waals surface area contributed by atoms with E-state index >= 15 is 0 Å². The maximum Gasteiger partial charge on any atom is 0.0443 e. The molecular formula is C24H39Cl2N. The van der Waals surface area contributed by atoms with Crippen LogP contribution in [-0.2, 0) is 0 Å². The summed E-state index contributed by atoms with van der Waals surface area (Å²) in [7, 11) is 0. The maximum absolute atomic E-state index is 6.85. The van der Waals surface area contributed by atoms with Crippen LogP contribution in [-0.4, -0.2) is 6.54 Å². The first-order chi connectivity index (χ1) is 12.2. The van der Waals surface area contributed by atoms with Crippen molar-refractivity contribution in [2.75, 3.05) is 6.54 Å². The molecule has 2 aliphatic rings. The summed E-state index contributed by atoms with van der Waals surface area (Å²) < 4.78 is 0. The SMILES string of the molecule is CC1(C)CC(c2ccc(C3CCCC(CCN)C3)cc2Cl)CC(C)(C)C1.Cl. The lowest BCUT2D eigenvalue weighted by Crippen LogP contribution is -2.33. The smallest absolute Gasteiger partial charge is 0.0443 e. The summed E-state index contributed by atoms with van der Waals surface area (Å²) >= 11 is 6.85. The highest BCUT2D eigenvalue weighted by Crippen LogP contribution is 2.53. The van der Waals surface area contributed by atoms with Crippen molar-refractivity contribution in [1.82, 2.24) is 0 Å². The van der Waals surface area contributed by atoms with E-state index < -0.39 is 0 Å². The molecule has 2 unspecified atom stereocenters. The third-order valence-corrected chi connectivity index (χ3v) is 7.18. The molecule has 0 radical (unpaired) electrons. The highest BCUT2D eigenvalue weighted by molar-refractivity contribution is 6.31. The summed E-state index contributed by atoms with van der Waals surface area (Å²) in [5.74, 6) is 2.06. The van der Waals surface area contributed by atoms with E-state index in [-0.39, 0.29) is 12.4 Å². The topological polar surface area (TPSA) is 26.0 Å². The van der Waals surface area contributed by atoms with Crippen LogP contribution in [0.5, 0.6) is 0 Å².